The second-order valence-corrected chi connectivity index (χ2v) is 9.29. The maximum Gasteiger partial charge on any atom is 0.243 e. The summed E-state index contributed by atoms with van der Waals surface area (Å²) in [6.45, 7) is 8.43. The Hall–Kier alpha value is -0.833. The van der Waals surface area contributed by atoms with Crippen LogP contribution in [0.2, 0.25) is 19.6 Å². The van der Waals surface area contributed by atoms with Crippen LogP contribution in [-0.4, -0.2) is 14.2 Å². The average molecular weight is 223 g/mol. The lowest BCUT2D eigenvalue weighted by Gasteiger charge is -2.18. The van der Waals surface area contributed by atoms with E-state index in [1.54, 1.807) is 0 Å². The number of aliphatic imine (C=N–C) groups is 1. The predicted molar refractivity (Wildman–Crippen MR) is 68.6 cm³/mol. The van der Waals surface area contributed by atoms with Gasteiger partial charge in [-0.05, 0) is 44.5 Å². The van der Waals surface area contributed by atoms with E-state index in [9.17, 15) is 0 Å². The van der Waals surface area contributed by atoms with Crippen LogP contribution in [-0.2, 0) is 4.43 Å². The summed E-state index contributed by atoms with van der Waals surface area (Å²) in [6.07, 6.45) is 9.89. The third-order valence-corrected chi connectivity index (χ3v) is 2.94. The Balaban J connectivity index is 2.55. The Morgan fingerprint density at radius 2 is 2.20 bits per heavy atom. The van der Waals surface area contributed by atoms with Crippen molar-refractivity contribution < 1.29 is 4.43 Å². The van der Waals surface area contributed by atoms with Crippen LogP contribution in [0.1, 0.15) is 26.2 Å². The second-order valence-electron chi connectivity index (χ2n) is 4.86. The van der Waals surface area contributed by atoms with E-state index in [0.717, 1.165) is 12.3 Å². The van der Waals surface area contributed by atoms with Crippen molar-refractivity contribution in [2.75, 3.05) is 0 Å². The molecule has 0 atom stereocenters. The molecule has 0 aromatic carbocycles. The van der Waals surface area contributed by atoms with Crippen molar-refractivity contribution in [1.29, 1.82) is 0 Å². The Bertz CT molecular complexity index is 297. The minimum absolute atomic E-state index is 0.792. The minimum Gasteiger partial charge on any atom is -0.535 e. The van der Waals surface area contributed by atoms with E-state index in [0.29, 0.717) is 0 Å². The number of hydrogen-bond donors (Lipinski definition) is 0. The third-order valence-electron chi connectivity index (χ3n) is 2.03. The van der Waals surface area contributed by atoms with Gasteiger partial charge in [-0.2, -0.15) is 0 Å². The molecule has 0 fully saturated rings. The van der Waals surface area contributed by atoms with Crippen LogP contribution in [0.3, 0.4) is 0 Å². The van der Waals surface area contributed by atoms with Gasteiger partial charge in [-0.15, -0.1) is 0 Å². The van der Waals surface area contributed by atoms with E-state index in [-0.39, 0.29) is 0 Å². The molecule has 0 saturated heterocycles. The van der Waals surface area contributed by atoms with Crippen LogP contribution in [0.25, 0.3) is 0 Å². The number of rotatable bonds is 2. The first kappa shape index (κ1) is 12.2. The van der Waals surface area contributed by atoms with Gasteiger partial charge in [0.25, 0.3) is 0 Å². The zero-order chi connectivity index (χ0) is 11.3. The molecule has 3 heteroatoms. The molecule has 2 nitrogen and oxygen atoms in total. The van der Waals surface area contributed by atoms with E-state index in [1.807, 2.05) is 13.1 Å². The molecule has 1 rings (SSSR count). The summed E-state index contributed by atoms with van der Waals surface area (Å²) in [6, 6.07) is 0. The predicted octanol–water partition coefficient (Wildman–Crippen LogP) is 3.88. The zero-order valence-corrected chi connectivity index (χ0v) is 11.2. The summed E-state index contributed by atoms with van der Waals surface area (Å²) < 4.78 is 5.75. The highest BCUT2D eigenvalue weighted by atomic mass is 28.4. The van der Waals surface area contributed by atoms with Gasteiger partial charge >= 0.3 is 0 Å². The van der Waals surface area contributed by atoms with Crippen molar-refractivity contribution in [2.45, 2.75) is 45.8 Å². The van der Waals surface area contributed by atoms with Gasteiger partial charge < -0.3 is 4.43 Å². The van der Waals surface area contributed by atoms with E-state index in [4.69, 9.17) is 4.43 Å². The molecule has 0 radical (unpaired) electrons. The average Bonchev–Trinajstić information content (AvgIpc) is 2.14. The van der Waals surface area contributed by atoms with Gasteiger partial charge in [0.2, 0.25) is 8.32 Å². The zero-order valence-electron chi connectivity index (χ0n) is 10.2. The molecular weight excluding hydrogens is 202 g/mol. The van der Waals surface area contributed by atoms with Crippen LogP contribution in [0.4, 0.5) is 0 Å². The number of hydrogen-bond acceptors (Lipinski definition) is 2. The van der Waals surface area contributed by atoms with Crippen LogP contribution in [0.15, 0.2) is 28.9 Å². The monoisotopic (exact) mass is 223 g/mol. The van der Waals surface area contributed by atoms with Gasteiger partial charge in [-0.1, -0.05) is 12.2 Å². The molecule has 84 valence electrons. The normalized spacial score (nSPS) is 20.8. The van der Waals surface area contributed by atoms with E-state index >= 15 is 0 Å². The van der Waals surface area contributed by atoms with Crippen LogP contribution in [0, 0.1) is 0 Å². The standard InChI is InChI=1S/C12H21NOSi/c1-11(14-15(2,3)4)13-10-12-8-6-5-7-9-12/h6,8,10H,5,7,9H2,1-4H3. The molecule has 0 heterocycles. The molecule has 0 spiro atoms. The summed E-state index contributed by atoms with van der Waals surface area (Å²) in [5.41, 5.74) is 1.31. The Labute approximate surface area is 93.9 Å². The highest BCUT2D eigenvalue weighted by molar-refractivity contribution is 6.71. The number of allylic oxidation sites excluding steroid dienone is 3. The lowest BCUT2D eigenvalue weighted by molar-refractivity contribution is 0.547. The van der Waals surface area contributed by atoms with Crippen LogP contribution in [0.5, 0.6) is 0 Å². The van der Waals surface area contributed by atoms with Crippen molar-refractivity contribution in [3.8, 4) is 0 Å². The van der Waals surface area contributed by atoms with Crippen molar-refractivity contribution in [2.24, 2.45) is 4.99 Å². The molecule has 0 bridgehead atoms. The quantitative estimate of drug-likeness (QED) is 0.395. The molecule has 1 aliphatic rings. The van der Waals surface area contributed by atoms with Crippen LogP contribution < -0.4 is 0 Å². The largest absolute Gasteiger partial charge is 0.535 e. The van der Waals surface area contributed by atoms with Crippen LogP contribution >= 0.6 is 0 Å². The molecule has 0 amide bonds. The fourth-order valence-corrected chi connectivity index (χ4v) is 2.43. The minimum atomic E-state index is -1.49. The molecule has 0 aromatic heterocycles. The van der Waals surface area contributed by atoms with Gasteiger partial charge in [-0.3, -0.25) is 0 Å². The molecule has 0 aliphatic heterocycles. The van der Waals surface area contributed by atoms with Gasteiger partial charge in [0.15, 0.2) is 5.90 Å². The summed E-state index contributed by atoms with van der Waals surface area (Å²) in [7, 11) is -1.49. The highest BCUT2D eigenvalue weighted by Crippen LogP contribution is 2.15. The summed E-state index contributed by atoms with van der Waals surface area (Å²) in [4.78, 5) is 4.35. The maximum atomic E-state index is 5.75. The van der Waals surface area contributed by atoms with Crippen molar-refractivity contribution in [1.82, 2.24) is 0 Å². The summed E-state index contributed by atoms with van der Waals surface area (Å²) in [5, 5.41) is 0. The SMILES string of the molecule is CC(=NC=C1C=CCCC1)O[Si](C)(C)C. The second kappa shape index (κ2) is 5.31. The first-order valence-corrected chi connectivity index (χ1v) is 8.97. The van der Waals surface area contributed by atoms with E-state index in [2.05, 4.69) is 36.8 Å². The first-order chi connectivity index (χ1) is 6.97. The third kappa shape index (κ3) is 5.57. The lowest BCUT2D eigenvalue weighted by atomic mass is 10.0. The Kier molecular flexibility index (Phi) is 4.33. The van der Waals surface area contributed by atoms with Crippen molar-refractivity contribution in [3.63, 3.8) is 0 Å². The first-order valence-electron chi connectivity index (χ1n) is 5.56. The Morgan fingerprint density at radius 1 is 1.47 bits per heavy atom. The lowest BCUT2D eigenvalue weighted by Crippen LogP contribution is -2.27. The smallest absolute Gasteiger partial charge is 0.243 e. The topological polar surface area (TPSA) is 21.6 Å². The molecule has 0 unspecified atom stereocenters. The van der Waals surface area contributed by atoms with E-state index in [1.165, 1.54) is 18.4 Å². The summed E-state index contributed by atoms with van der Waals surface area (Å²) >= 11 is 0. The van der Waals surface area contributed by atoms with Gasteiger partial charge in [0, 0.05) is 13.1 Å². The maximum absolute atomic E-state index is 5.75. The summed E-state index contributed by atoms with van der Waals surface area (Å²) in [5.74, 6) is 0.792. The van der Waals surface area contributed by atoms with Crippen molar-refractivity contribution in [3.05, 3.63) is 23.9 Å². The molecule has 15 heavy (non-hydrogen) atoms. The van der Waals surface area contributed by atoms with Gasteiger partial charge in [-0.25, -0.2) is 4.99 Å². The Morgan fingerprint density at radius 3 is 2.73 bits per heavy atom. The van der Waals surface area contributed by atoms with E-state index < -0.39 is 8.32 Å². The molecule has 0 aromatic rings. The fraction of sp³-hybridized carbons (Fsp3) is 0.583. The number of nitrogens with zero attached hydrogens (tertiary/aromatic N) is 1. The molecular formula is C12H21NOSi. The molecule has 0 N–H and O–H groups in total. The molecule has 1 aliphatic carbocycles. The van der Waals surface area contributed by atoms with Gasteiger partial charge in [0.05, 0.1) is 0 Å². The van der Waals surface area contributed by atoms with Gasteiger partial charge in [0.1, 0.15) is 0 Å². The highest BCUT2D eigenvalue weighted by Gasteiger charge is 2.16. The molecule has 0 saturated carbocycles. The fourth-order valence-electron chi connectivity index (χ4n) is 1.49. The van der Waals surface area contributed by atoms with Crippen molar-refractivity contribution >= 4 is 14.2 Å².